The molecule has 1 heterocycles. The van der Waals surface area contributed by atoms with Crippen LogP contribution in [0, 0.1) is 23.2 Å². The molecule has 1 aromatic carbocycles. The highest BCUT2D eigenvalue weighted by atomic mass is 16.7. The van der Waals surface area contributed by atoms with Gasteiger partial charge in [-0.1, -0.05) is 19.1 Å². The van der Waals surface area contributed by atoms with Crippen LogP contribution in [0.1, 0.15) is 62.5 Å². The van der Waals surface area contributed by atoms with Gasteiger partial charge in [-0.2, -0.15) is 0 Å². The molecule has 7 heteroatoms. The van der Waals surface area contributed by atoms with Gasteiger partial charge in [0.05, 0.1) is 7.11 Å². The first-order chi connectivity index (χ1) is 18.0. The number of methoxy groups -OCH3 is 1. The predicted octanol–water partition coefficient (Wildman–Crippen LogP) is 4.62. The zero-order valence-corrected chi connectivity index (χ0v) is 21.8. The number of rotatable bonds is 6. The van der Waals surface area contributed by atoms with Crippen LogP contribution < -0.4 is 15.4 Å². The standard InChI is InChI=1S/C30H38N2O5/c1-30-12-11-23-22-9-7-21(35-2)14-18(22)5-8-24(23)28(30)19(15-27(30)33)4-3-13-31-29(34)32-20-6-10-25-26(16-20)37-17-36-25/h6-7,9-10,14,16,19,23-26,28H,3-5,8,11-13,15,17H2,1-2H3,(H2,31,32,34)/t19-,23-,24-,25?,26?,28+,30-/m1/s1. The van der Waals surface area contributed by atoms with Crippen LogP contribution >= 0.6 is 0 Å². The maximum atomic E-state index is 13.3. The molecular formula is C30H38N2O5. The van der Waals surface area contributed by atoms with Gasteiger partial charge in [0.15, 0.2) is 0 Å². The van der Waals surface area contributed by atoms with Crippen LogP contribution in [0.5, 0.6) is 5.75 Å². The number of hydrogen-bond acceptors (Lipinski definition) is 5. The number of ketones is 1. The number of aryl methyl sites for hydroxylation is 1. The van der Waals surface area contributed by atoms with Gasteiger partial charge in [-0.05, 0) is 97.6 Å². The first kappa shape index (κ1) is 24.7. The van der Waals surface area contributed by atoms with Crippen LogP contribution in [0.3, 0.4) is 0 Å². The molecule has 2 amide bonds. The molecule has 2 unspecified atom stereocenters. The summed E-state index contributed by atoms with van der Waals surface area (Å²) in [5.41, 5.74) is 3.43. The second-order valence-corrected chi connectivity index (χ2v) is 11.6. The summed E-state index contributed by atoms with van der Waals surface area (Å²) in [6.07, 6.45) is 12.3. The van der Waals surface area contributed by atoms with Crippen molar-refractivity contribution < 1.29 is 23.8 Å². The minimum Gasteiger partial charge on any atom is -0.497 e. The van der Waals surface area contributed by atoms with E-state index in [1.807, 2.05) is 18.2 Å². The van der Waals surface area contributed by atoms with E-state index in [4.69, 9.17) is 14.2 Å². The van der Waals surface area contributed by atoms with Crippen molar-refractivity contribution >= 4 is 11.8 Å². The van der Waals surface area contributed by atoms with Crippen LogP contribution in [-0.4, -0.2) is 44.5 Å². The normalized spacial score (nSPS) is 35.6. The molecule has 0 spiro atoms. The van der Waals surface area contributed by atoms with Gasteiger partial charge in [0, 0.05) is 24.1 Å². The zero-order chi connectivity index (χ0) is 25.6. The number of carbonyl (C=O) groups excluding carboxylic acids is 2. The molecule has 1 saturated heterocycles. The van der Waals surface area contributed by atoms with Crippen molar-refractivity contribution in [3.63, 3.8) is 0 Å². The van der Waals surface area contributed by atoms with Crippen LogP contribution in [0.15, 0.2) is 42.1 Å². The Labute approximate surface area is 219 Å². The van der Waals surface area contributed by atoms with Crippen molar-refractivity contribution in [3.05, 3.63) is 53.3 Å². The van der Waals surface area contributed by atoms with Gasteiger partial charge >= 0.3 is 6.03 Å². The number of urea groups is 1. The second kappa shape index (κ2) is 9.91. The molecule has 0 radical (unpaired) electrons. The lowest BCUT2D eigenvalue weighted by molar-refractivity contribution is -0.129. The van der Waals surface area contributed by atoms with E-state index in [1.54, 1.807) is 7.11 Å². The van der Waals surface area contributed by atoms with E-state index in [2.05, 4.69) is 35.8 Å². The van der Waals surface area contributed by atoms with Gasteiger partial charge in [-0.3, -0.25) is 4.79 Å². The van der Waals surface area contributed by atoms with Gasteiger partial charge in [0.25, 0.3) is 0 Å². The van der Waals surface area contributed by atoms with Crippen LogP contribution in [-0.2, 0) is 20.7 Å². The molecule has 1 aromatic rings. The quantitative estimate of drug-likeness (QED) is 0.550. The van der Waals surface area contributed by atoms with Gasteiger partial charge in [0.2, 0.25) is 0 Å². The van der Waals surface area contributed by atoms with Gasteiger partial charge in [-0.15, -0.1) is 0 Å². The Hall–Kier alpha value is -2.64. The number of Topliss-reactive ketones (excluding diaryl/α,β-unsaturated/α-hetero) is 1. The maximum absolute atomic E-state index is 13.3. The Bertz CT molecular complexity index is 1130. The summed E-state index contributed by atoms with van der Waals surface area (Å²) >= 11 is 0. The maximum Gasteiger partial charge on any atom is 0.319 e. The Kier molecular flexibility index (Phi) is 6.61. The van der Waals surface area contributed by atoms with Gasteiger partial charge < -0.3 is 24.8 Å². The number of hydrogen-bond donors (Lipinski definition) is 2. The molecule has 6 rings (SSSR count). The van der Waals surface area contributed by atoms with Gasteiger partial charge in [-0.25, -0.2) is 4.79 Å². The summed E-state index contributed by atoms with van der Waals surface area (Å²) < 4.78 is 16.4. The van der Waals surface area contributed by atoms with E-state index in [0.29, 0.717) is 42.4 Å². The number of nitrogens with one attached hydrogen (secondary N) is 2. The molecule has 0 bridgehead atoms. The van der Waals surface area contributed by atoms with Crippen molar-refractivity contribution in [3.8, 4) is 5.75 Å². The summed E-state index contributed by atoms with van der Waals surface area (Å²) in [7, 11) is 1.73. The number of carbonyl (C=O) groups is 2. The Morgan fingerprint density at radius 2 is 2.08 bits per heavy atom. The predicted molar refractivity (Wildman–Crippen MR) is 139 cm³/mol. The molecular weight excluding hydrogens is 468 g/mol. The molecule has 37 heavy (non-hydrogen) atoms. The number of benzene rings is 1. The molecule has 1 aliphatic heterocycles. The topological polar surface area (TPSA) is 85.9 Å². The number of amides is 2. The fourth-order valence-corrected chi connectivity index (χ4v) is 7.96. The Balaban J connectivity index is 1.06. The largest absolute Gasteiger partial charge is 0.497 e. The summed E-state index contributed by atoms with van der Waals surface area (Å²) in [4.78, 5) is 25.7. The van der Waals surface area contributed by atoms with Crippen LogP contribution in [0.25, 0.3) is 0 Å². The average molecular weight is 507 g/mol. The van der Waals surface area contributed by atoms with E-state index in [-0.39, 0.29) is 30.4 Å². The highest BCUT2D eigenvalue weighted by Gasteiger charge is 2.58. The highest BCUT2D eigenvalue weighted by Crippen LogP contribution is 2.62. The smallest absolute Gasteiger partial charge is 0.319 e. The molecule has 0 aromatic heterocycles. The molecule has 5 aliphatic rings. The van der Waals surface area contributed by atoms with Crippen molar-refractivity contribution in [2.45, 2.75) is 70.0 Å². The lowest BCUT2D eigenvalue weighted by Gasteiger charge is -2.50. The Morgan fingerprint density at radius 3 is 2.95 bits per heavy atom. The molecule has 2 N–H and O–H groups in total. The molecule has 7 atom stereocenters. The monoisotopic (exact) mass is 506 g/mol. The van der Waals surface area contributed by atoms with E-state index in [0.717, 1.165) is 50.0 Å². The summed E-state index contributed by atoms with van der Waals surface area (Å²) in [5, 5.41) is 5.89. The molecule has 4 aliphatic carbocycles. The first-order valence-corrected chi connectivity index (χ1v) is 13.8. The van der Waals surface area contributed by atoms with E-state index in [1.165, 1.54) is 11.1 Å². The molecule has 198 valence electrons. The van der Waals surface area contributed by atoms with Crippen LogP contribution in [0.4, 0.5) is 4.79 Å². The lowest BCUT2D eigenvalue weighted by Crippen LogP contribution is -2.44. The molecule has 7 nitrogen and oxygen atoms in total. The fraction of sp³-hybridized carbons (Fsp3) is 0.600. The molecule has 3 fully saturated rings. The number of ether oxygens (including phenoxy) is 3. The van der Waals surface area contributed by atoms with E-state index < -0.39 is 0 Å². The minimum atomic E-state index is -0.211. The van der Waals surface area contributed by atoms with E-state index >= 15 is 0 Å². The third-order valence-corrected chi connectivity index (χ3v) is 9.73. The lowest BCUT2D eigenvalue weighted by atomic mass is 9.54. The third kappa shape index (κ3) is 4.50. The average Bonchev–Trinajstić information content (AvgIpc) is 3.47. The SMILES string of the molecule is COc1ccc2c(c1)CC[C@H]1[C@@H]3[C@H](CCCNC(=O)NC4=CC5OCOC5C=C4)CC(=O)[C@@]3(C)CC[C@H]21. The minimum absolute atomic E-state index is 0.0618. The Morgan fingerprint density at radius 1 is 1.22 bits per heavy atom. The second-order valence-electron chi connectivity index (χ2n) is 11.6. The first-order valence-electron chi connectivity index (χ1n) is 13.8. The number of fused-ring (bicyclic) bond motifs is 6. The summed E-state index contributed by atoms with van der Waals surface area (Å²) in [6, 6.07) is 6.36. The summed E-state index contributed by atoms with van der Waals surface area (Å²) in [5.74, 6) is 3.32. The van der Waals surface area contributed by atoms with Gasteiger partial charge in [0.1, 0.15) is 30.5 Å². The highest BCUT2D eigenvalue weighted by molar-refractivity contribution is 5.87. The van der Waals surface area contributed by atoms with Crippen molar-refractivity contribution in [1.82, 2.24) is 10.6 Å². The zero-order valence-electron chi connectivity index (χ0n) is 21.8. The van der Waals surface area contributed by atoms with Crippen molar-refractivity contribution in [2.24, 2.45) is 23.2 Å². The van der Waals surface area contributed by atoms with E-state index in [9.17, 15) is 9.59 Å². The number of allylic oxidation sites excluding steroid dienone is 1. The van der Waals surface area contributed by atoms with Crippen LogP contribution in [0.2, 0.25) is 0 Å². The molecule has 2 saturated carbocycles. The fourth-order valence-electron chi connectivity index (χ4n) is 7.96. The summed E-state index contributed by atoms with van der Waals surface area (Å²) in [6.45, 7) is 3.11. The third-order valence-electron chi connectivity index (χ3n) is 9.73. The van der Waals surface area contributed by atoms with Crippen molar-refractivity contribution in [1.29, 1.82) is 0 Å². The van der Waals surface area contributed by atoms with Crippen molar-refractivity contribution in [2.75, 3.05) is 20.4 Å².